The van der Waals surface area contributed by atoms with Crippen molar-refractivity contribution in [3.05, 3.63) is 35.9 Å². The zero-order valence-electron chi connectivity index (χ0n) is 13.1. The van der Waals surface area contributed by atoms with Gasteiger partial charge in [-0.25, -0.2) is 0 Å². The van der Waals surface area contributed by atoms with Gasteiger partial charge in [0.25, 0.3) is 0 Å². The van der Waals surface area contributed by atoms with Crippen molar-refractivity contribution >= 4 is 0 Å². The molecule has 112 valence electrons. The Balaban J connectivity index is 1.91. The number of ether oxygens (including phenoxy) is 1. The molecule has 1 saturated carbocycles. The lowest BCUT2D eigenvalue weighted by atomic mass is 9.80. The van der Waals surface area contributed by atoms with Crippen molar-refractivity contribution in [2.24, 2.45) is 0 Å². The van der Waals surface area contributed by atoms with Gasteiger partial charge < -0.3 is 9.64 Å². The highest BCUT2D eigenvalue weighted by Crippen LogP contribution is 2.34. The van der Waals surface area contributed by atoms with Crippen LogP contribution in [-0.4, -0.2) is 37.7 Å². The summed E-state index contributed by atoms with van der Waals surface area (Å²) in [4.78, 5) is 2.23. The SMILES string of the molecule is CN(C)CCCOC1(Cc2ccccc2)CCCCC1. The molecule has 0 amide bonds. The van der Waals surface area contributed by atoms with E-state index in [1.807, 2.05) is 0 Å². The molecule has 0 heterocycles. The molecule has 0 bridgehead atoms. The summed E-state index contributed by atoms with van der Waals surface area (Å²) in [6.07, 6.45) is 8.67. The Morgan fingerprint density at radius 2 is 1.75 bits per heavy atom. The Hall–Kier alpha value is -0.860. The summed E-state index contributed by atoms with van der Waals surface area (Å²) in [7, 11) is 4.25. The molecule has 1 aromatic carbocycles. The van der Waals surface area contributed by atoms with Crippen LogP contribution >= 0.6 is 0 Å². The van der Waals surface area contributed by atoms with Crippen molar-refractivity contribution in [3.8, 4) is 0 Å². The molecule has 0 N–H and O–H groups in total. The Kier molecular flexibility index (Phi) is 6.06. The molecule has 0 saturated heterocycles. The summed E-state index contributed by atoms with van der Waals surface area (Å²) in [6.45, 7) is 2.01. The van der Waals surface area contributed by atoms with Crippen LogP contribution in [0.2, 0.25) is 0 Å². The molecular weight excluding hydrogens is 246 g/mol. The maximum Gasteiger partial charge on any atom is 0.0722 e. The van der Waals surface area contributed by atoms with Gasteiger partial charge in [-0.15, -0.1) is 0 Å². The Labute approximate surface area is 124 Å². The van der Waals surface area contributed by atoms with Crippen LogP contribution in [-0.2, 0) is 11.2 Å². The number of hydrogen-bond donors (Lipinski definition) is 0. The second-order valence-electron chi connectivity index (χ2n) is 6.41. The van der Waals surface area contributed by atoms with E-state index in [1.165, 1.54) is 37.7 Å². The second kappa shape index (κ2) is 7.80. The Morgan fingerprint density at radius 3 is 2.40 bits per heavy atom. The normalized spacial score (nSPS) is 18.4. The molecule has 1 aliphatic rings. The van der Waals surface area contributed by atoms with E-state index in [-0.39, 0.29) is 5.60 Å². The highest BCUT2D eigenvalue weighted by atomic mass is 16.5. The lowest BCUT2D eigenvalue weighted by molar-refractivity contribution is -0.0714. The third kappa shape index (κ3) is 4.92. The zero-order chi connectivity index (χ0) is 14.3. The molecule has 0 atom stereocenters. The minimum absolute atomic E-state index is 0.103. The van der Waals surface area contributed by atoms with Crippen LogP contribution in [0.1, 0.15) is 44.1 Å². The van der Waals surface area contributed by atoms with Gasteiger partial charge in [-0.1, -0.05) is 49.6 Å². The third-order valence-electron chi connectivity index (χ3n) is 4.29. The molecule has 1 aliphatic carbocycles. The Bertz CT molecular complexity index is 368. The van der Waals surface area contributed by atoms with Crippen LogP contribution in [0, 0.1) is 0 Å². The van der Waals surface area contributed by atoms with Crippen LogP contribution in [0.25, 0.3) is 0 Å². The van der Waals surface area contributed by atoms with E-state index in [1.54, 1.807) is 0 Å². The van der Waals surface area contributed by atoms with Crippen molar-refractivity contribution in [2.75, 3.05) is 27.2 Å². The van der Waals surface area contributed by atoms with E-state index in [9.17, 15) is 0 Å². The van der Waals surface area contributed by atoms with Crippen LogP contribution < -0.4 is 0 Å². The van der Waals surface area contributed by atoms with Gasteiger partial charge in [-0.2, -0.15) is 0 Å². The first-order valence-electron chi connectivity index (χ1n) is 8.03. The summed E-state index contributed by atoms with van der Waals surface area (Å²) >= 11 is 0. The zero-order valence-corrected chi connectivity index (χ0v) is 13.1. The van der Waals surface area contributed by atoms with Crippen molar-refractivity contribution in [2.45, 2.75) is 50.5 Å². The average Bonchev–Trinajstić information content (AvgIpc) is 2.46. The van der Waals surface area contributed by atoms with E-state index < -0.39 is 0 Å². The first-order chi connectivity index (χ1) is 9.70. The molecule has 0 spiro atoms. The van der Waals surface area contributed by atoms with Crippen LogP contribution in [0.3, 0.4) is 0 Å². The highest BCUT2D eigenvalue weighted by Gasteiger charge is 2.32. The molecule has 2 nitrogen and oxygen atoms in total. The molecule has 0 aromatic heterocycles. The maximum atomic E-state index is 6.40. The summed E-state index contributed by atoms with van der Waals surface area (Å²) < 4.78 is 6.40. The maximum absolute atomic E-state index is 6.40. The number of rotatable bonds is 7. The van der Waals surface area contributed by atoms with Gasteiger partial charge in [0.15, 0.2) is 0 Å². The van der Waals surface area contributed by atoms with Crippen molar-refractivity contribution < 1.29 is 4.74 Å². The summed E-state index contributed by atoms with van der Waals surface area (Å²) in [5.41, 5.74) is 1.52. The molecule has 1 aromatic rings. The smallest absolute Gasteiger partial charge is 0.0722 e. The number of nitrogens with zero attached hydrogens (tertiary/aromatic N) is 1. The lowest BCUT2D eigenvalue weighted by Crippen LogP contribution is -2.38. The fourth-order valence-corrected chi connectivity index (χ4v) is 3.21. The van der Waals surface area contributed by atoms with Gasteiger partial charge in [-0.3, -0.25) is 0 Å². The molecule has 1 fully saturated rings. The number of hydrogen-bond acceptors (Lipinski definition) is 2. The average molecular weight is 275 g/mol. The van der Waals surface area contributed by atoms with Crippen LogP contribution in [0.5, 0.6) is 0 Å². The second-order valence-corrected chi connectivity index (χ2v) is 6.41. The highest BCUT2D eigenvalue weighted by molar-refractivity contribution is 5.17. The minimum atomic E-state index is 0.103. The molecular formula is C18H29NO. The summed E-state index contributed by atoms with van der Waals surface area (Å²) in [5, 5.41) is 0. The predicted molar refractivity (Wildman–Crippen MR) is 85.1 cm³/mol. The molecule has 20 heavy (non-hydrogen) atoms. The van der Waals surface area contributed by atoms with Crippen molar-refractivity contribution in [1.29, 1.82) is 0 Å². The molecule has 0 radical (unpaired) electrons. The molecule has 2 rings (SSSR count). The van der Waals surface area contributed by atoms with Crippen molar-refractivity contribution in [3.63, 3.8) is 0 Å². The standard InChI is InChI=1S/C18H29NO/c1-19(2)14-9-15-20-18(12-7-4-8-13-18)16-17-10-5-3-6-11-17/h3,5-6,10-11H,4,7-9,12-16H2,1-2H3. The lowest BCUT2D eigenvalue weighted by Gasteiger charge is -2.37. The van der Waals surface area contributed by atoms with Crippen LogP contribution in [0.15, 0.2) is 30.3 Å². The van der Waals surface area contributed by atoms with E-state index in [2.05, 4.69) is 49.3 Å². The van der Waals surface area contributed by atoms with Gasteiger partial charge in [0.2, 0.25) is 0 Å². The predicted octanol–water partition coefficient (Wildman–Crippen LogP) is 3.90. The van der Waals surface area contributed by atoms with E-state index in [4.69, 9.17) is 4.74 Å². The van der Waals surface area contributed by atoms with Gasteiger partial charge in [0.05, 0.1) is 5.60 Å². The quantitative estimate of drug-likeness (QED) is 0.700. The van der Waals surface area contributed by atoms with Gasteiger partial charge >= 0.3 is 0 Å². The minimum Gasteiger partial charge on any atom is -0.375 e. The summed E-state index contributed by atoms with van der Waals surface area (Å²) in [5.74, 6) is 0. The first kappa shape index (κ1) is 15.5. The fourth-order valence-electron chi connectivity index (χ4n) is 3.21. The topological polar surface area (TPSA) is 12.5 Å². The monoisotopic (exact) mass is 275 g/mol. The molecule has 2 heteroatoms. The van der Waals surface area contributed by atoms with Gasteiger partial charge in [0.1, 0.15) is 0 Å². The van der Waals surface area contributed by atoms with Gasteiger partial charge in [0, 0.05) is 13.0 Å². The Morgan fingerprint density at radius 1 is 1.05 bits per heavy atom. The molecule has 0 unspecified atom stereocenters. The van der Waals surface area contributed by atoms with E-state index in [0.29, 0.717) is 0 Å². The van der Waals surface area contributed by atoms with E-state index in [0.717, 1.165) is 26.0 Å². The fraction of sp³-hybridized carbons (Fsp3) is 0.667. The van der Waals surface area contributed by atoms with Gasteiger partial charge in [-0.05, 0) is 45.5 Å². The van der Waals surface area contributed by atoms with Crippen molar-refractivity contribution in [1.82, 2.24) is 4.90 Å². The number of benzene rings is 1. The third-order valence-corrected chi connectivity index (χ3v) is 4.29. The summed E-state index contributed by atoms with van der Waals surface area (Å²) in [6, 6.07) is 10.8. The van der Waals surface area contributed by atoms with Crippen LogP contribution in [0.4, 0.5) is 0 Å². The first-order valence-corrected chi connectivity index (χ1v) is 8.03. The molecule has 0 aliphatic heterocycles. The van der Waals surface area contributed by atoms with E-state index >= 15 is 0 Å². The largest absolute Gasteiger partial charge is 0.375 e.